The van der Waals surface area contributed by atoms with Crippen LogP contribution in [0.5, 0.6) is 5.75 Å². The normalized spacial score (nSPS) is 15.4. The van der Waals surface area contributed by atoms with Crippen LogP contribution in [0.4, 0.5) is 4.79 Å². The van der Waals surface area contributed by atoms with E-state index in [4.69, 9.17) is 4.74 Å². The number of ether oxygens (including phenoxy) is 1. The largest absolute Gasteiger partial charge is 0.494 e. The van der Waals surface area contributed by atoms with E-state index in [-0.39, 0.29) is 17.4 Å². The maximum absolute atomic E-state index is 12.7. The summed E-state index contributed by atoms with van der Waals surface area (Å²) in [5, 5.41) is 2.98. The van der Waals surface area contributed by atoms with Crippen LogP contribution in [0.2, 0.25) is 0 Å². The molecule has 0 atom stereocenters. The van der Waals surface area contributed by atoms with E-state index in [2.05, 4.69) is 26.1 Å². The van der Waals surface area contributed by atoms with Crippen LogP contribution in [-0.4, -0.2) is 61.1 Å². The van der Waals surface area contributed by atoms with Crippen molar-refractivity contribution in [2.75, 3.05) is 39.3 Å². The number of amides is 3. The first-order valence-corrected chi connectivity index (χ1v) is 9.35. The molecule has 0 spiro atoms. The number of benzene rings is 1. The molecule has 6 heteroatoms. The first-order valence-electron chi connectivity index (χ1n) is 9.35. The van der Waals surface area contributed by atoms with Gasteiger partial charge in [-0.05, 0) is 43.0 Å². The zero-order valence-corrected chi connectivity index (χ0v) is 16.4. The summed E-state index contributed by atoms with van der Waals surface area (Å²) in [5.41, 5.74) is 0.705. The number of hydrogen-bond donors (Lipinski definition) is 1. The fourth-order valence-electron chi connectivity index (χ4n) is 2.82. The molecule has 1 aliphatic heterocycles. The van der Waals surface area contributed by atoms with Gasteiger partial charge < -0.3 is 19.9 Å². The molecule has 1 aromatic carbocycles. The zero-order chi connectivity index (χ0) is 19.2. The van der Waals surface area contributed by atoms with E-state index in [0.29, 0.717) is 44.9 Å². The summed E-state index contributed by atoms with van der Waals surface area (Å²) in [6, 6.07) is 7.19. The van der Waals surface area contributed by atoms with Crippen LogP contribution in [0.15, 0.2) is 24.3 Å². The number of carbonyl (C=O) groups excluding carboxylic acids is 2. The SMILES string of the molecule is CCOc1ccc(C(=O)N2CCCN(C(=O)NCC(C)(C)C)CC2)cc1. The Hall–Kier alpha value is -2.24. The fraction of sp³-hybridized carbons (Fsp3) is 0.600. The third-order valence-corrected chi connectivity index (χ3v) is 4.25. The molecule has 1 heterocycles. The second kappa shape index (κ2) is 8.92. The van der Waals surface area contributed by atoms with Crippen molar-refractivity contribution in [3.8, 4) is 5.75 Å². The minimum atomic E-state index is -0.0460. The van der Waals surface area contributed by atoms with E-state index in [1.54, 1.807) is 17.0 Å². The average molecular weight is 361 g/mol. The van der Waals surface area contributed by atoms with Gasteiger partial charge in [-0.3, -0.25) is 4.79 Å². The summed E-state index contributed by atoms with van der Waals surface area (Å²) in [6.45, 7) is 11.9. The molecule has 1 aliphatic rings. The van der Waals surface area contributed by atoms with Crippen molar-refractivity contribution < 1.29 is 14.3 Å². The predicted octanol–water partition coefficient (Wildman–Crippen LogP) is 2.99. The van der Waals surface area contributed by atoms with Gasteiger partial charge in [-0.2, -0.15) is 0 Å². The Kier molecular flexibility index (Phi) is 6.89. The van der Waals surface area contributed by atoms with Crippen molar-refractivity contribution in [2.45, 2.75) is 34.1 Å². The van der Waals surface area contributed by atoms with Crippen molar-refractivity contribution >= 4 is 11.9 Å². The number of carbonyl (C=O) groups is 2. The minimum absolute atomic E-state index is 0.00463. The number of hydrogen-bond acceptors (Lipinski definition) is 3. The maximum Gasteiger partial charge on any atom is 0.317 e. The van der Waals surface area contributed by atoms with Crippen LogP contribution in [-0.2, 0) is 0 Å². The maximum atomic E-state index is 12.7. The van der Waals surface area contributed by atoms with Crippen molar-refractivity contribution in [1.82, 2.24) is 15.1 Å². The van der Waals surface area contributed by atoms with Crippen molar-refractivity contribution in [2.24, 2.45) is 5.41 Å². The molecule has 0 aromatic heterocycles. The topological polar surface area (TPSA) is 61.9 Å². The third kappa shape index (κ3) is 5.93. The van der Waals surface area contributed by atoms with Gasteiger partial charge in [0.15, 0.2) is 0 Å². The van der Waals surface area contributed by atoms with Crippen LogP contribution < -0.4 is 10.1 Å². The molecule has 1 aromatic rings. The highest BCUT2D eigenvalue weighted by atomic mass is 16.5. The van der Waals surface area contributed by atoms with Gasteiger partial charge in [0.25, 0.3) is 5.91 Å². The monoisotopic (exact) mass is 361 g/mol. The van der Waals surface area contributed by atoms with Crippen LogP contribution in [0.3, 0.4) is 0 Å². The third-order valence-electron chi connectivity index (χ3n) is 4.25. The highest BCUT2D eigenvalue weighted by Gasteiger charge is 2.23. The van der Waals surface area contributed by atoms with E-state index in [1.165, 1.54) is 0 Å². The van der Waals surface area contributed by atoms with Crippen LogP contribution >= 0.6 is 0 Å². The van der Waals surface area contributed by atoms with Gasteiger partial charge in [0.05, 0.1) is 6.61 Å². The fourth-order valence-corrected chi connectivity index (χ4v) is 2.82. The lowest BCUT2D eigenvalue weighted by Crippen LogP contribution is -2.44. The van der Waals surface area contributed by atoms with E-state index in [1.807, 2.05) is 24.0 Å². The minimum Gasteiger partial charge on any atom is -0.494 e. The van der Waals surface area contributed by atoms with Gasteiger partial charge in [0, 0.05) is 38.3 Å². The highest BCUT2D eigenvalue weighted by molar-refractivity contribution is 5.94. The summed E-state index contributed by atoms with van der Waals surface area (Å²) >= 11 is 0. The molecule has 0 radical (unpaired) electrons. The second-order valence-electron chi connectivity index (χ2n) is 7.81. The summed E-state index contributed by atoms with van der Waals surface area (Å²) in [4.78, 5) is 28.7. The van der Waals surface area contributed by atoms with E-state index in [9.17, 15) is 9.59 Å². The Labute approximate surface area is 156 Å². The molecule has 0 unspecified atom stereocenters. The van der Waals surface area contributed by atoms with Crippen molar-refractivity contribution in [3.05, 3.63) is 29.8 Å². The van der Waals surface area contributed by atoms with Gasteiger partial charge in [-0.15, -0.1) is 0 Å². The zero-order valence-electron chi connectivity index (χ0n) is 16.4. The molecule has 1 saturated heterocycles. The first kappa shape index (κ1) is 20.1. The molecule has 144 valence electrons. The molecular formula is C20H31N3O3. The molecule has 0 saturated carbocycles. The Morgan fingerprint density at radius 3 is 2.27 bits per heavy atom. The van der Waals surface area contributed by atoms with Crippen molar-refractivity contribution in [3.63, 3.8) is 0 Å². The molecule has 6 nitrogen and oxygen atoms in total. The molecule has 0 bridgehead atoms. The Balaban J connectivity index is 1.90. The average Bonchev–Trinajstić information content (AvgIpc) is 2.85. The lowest BCUT2D eigenvalue weighted by Gasteiger charge is -2.25. The smallest absolute Gasteiger partial charge is 0.317 e. The summed E-state index contributed by atoms with van der Waals surface area (Å²) in [5.74, 6) is 0.770. The molecule has 1 N–H and O–H groups in total. The van der Waals surface area contributed by atoms with Crippen LogP contribution in [0, 0.1) is 5.41 Å². The molecule has 1 fully saturated rings. The number of nitrogens with zero attached hydrogens (tertiary/aromatic N) is 2. The number of rotatable bonds is 4. The number of urea groups is 1. The van der Waals surface area contributed by atoms with Gasteiger partial charge in [-0.1, -0.05) is 20.8 Å². The van der Waals surface area contributed by atoms with Gasteiger partial charge in [-0.25, -0.2) is 4.79 Å². The summed E-state index contributed by atoms with van der Waals surface area (Å²) in [6.07, 6.45) is 0.783. The molecular weight excluding hydrogens is 330 g/mol. The van der Waals surface area contributed by atoms with Gasteiger partial charge in [0.1, 0.15) is 5.75 Å². The lowest BCUT2D eigenvalue weighted by atomic mass is 9.97. The van der Waals surface area contributed by atoms with Crippen LogP contribution in [0.1, 0.15) is 44.5 Å². The quantitative estimate of drug-likeness (QED) is 0.897. The lowest BCUT2D eigenvalue weighted by molar-refractivity contribution is 0.0762. The van der Waals surface area contributed by atoms with E-state index < -0.39 is 0 Å². The second-order valence-corrected chi connectivity index (χ2v) is 7.81. The Bertz CT molecular complexity index is 608. The molecule has 2 rings (SSSR count). The molecule has 0 aliphatic carbocycles. The van der Waals surface area contributed by atoms with E-state index in [0.717, 1.165) is 12.2 Å². The number of nitrogens with one attached hydrogen (secondary N) is 1. The van der Waals surface area contributed by atoms with Crippen molar-refractivity contribution in [1.29, 1.82) is 0 Å². The van der Waals surface area contributed by atoms with E-state index >= 15 is 0 Å². The summed E-state index contributed by atoms with van der Waals surface area (Å²) in [7, 11) is 0. The first-order chi connectivity index (χ1) is 12.3. The Morgan fingerprint density at radius 1 is 1.04 bits per heavy atom. The molecule has 3 amide bonds. The highest BCUT2D eigenvalue weighted by Crippen LogP contribution is 2.15. The standard InChI is InChI=1S/C20H31N3O3/c1-5-26-17-9-7-16(8-10-17)18(24)22-11-6-12-23(14-13-22)19(25)21-15-20(2,3)4/h7-10H,5-6,11-15H2,1-4H3,(H,21,25). The van der Waals surface area contributed by atoms with Gasteiger partial charge >= 0.3 is 6.03 Å². The van der Waals surface area contributed by atoms with Crippen LogP contribution in [0.25, 0.3) is 0 Å². The molecule has 26 heavy (non-hydrogen) atoms. The summed E-state index contributed by atoms with van der Waals surface area (Å²) < 4.78 is 5.42. The Morgan fingerprint density at radius 2 is 1.65 bits per heavy atom. The van der Waals surface area contributed by atoms with Gasteiger partial charge in [0.2, 0.25) is 0 Å². The predicted molar refractivity (Wildman–Crippen MR) is 103 cm³/mol.